The molecule has 0 amide bonds. The summed E-state index contributed by atoms with van der Waals surface area (Å²) in [4.78, 5) is 10.8. The molecule has 1 aromatic rings. The monoisotopic (exact) mass is 420 g/mol. The van der Waals surface area contributed by atoms with Crippen molar-refractivity contribution in [2.45, 2.75) is 37.8 Å². The van der Waals surface area contributed by atoms with Gasteiger partial charge in [-0.05, 0) is 50.2 Å². The molecule has 4 nitrogen and oxygen atoms in total. The molecule has 118 valence electrons. The fraction of sp³-hybridized carbons (Fsp3) is 0.667. The van der Waals surface area contributed by atoms with Crippen LogP contribution in [-0.4, -0.2) is 48.5 Å². The largest absolute Gasteiger partial charge is 0.370 e. The Morgan fingerprint density at radius 2 is 2.19 bits per heavy atom. The molecule has 1 aliphatic heterocycles. The lowest BCUT2D eigenvalue weighted by atomic mass is 10.2. The number of likely N-dealkylation sites (tertiary alicyclic amines) is 1. The average molecular weight is 420 g/mol. The first-order valence-corrected chi connectivity index (χ1v) is 8.44. The van der Waals surface area contributed by atoms with Crippen molar-refractivity contribution in [3.05, 3.63) is 22.4 Å². The molecule has 0 radical (unpaired) electrons. The molecule has 1 saturated carbocycles. The minimum atomic E-state index is 0. The van der Waals surface area contributed by atoms with Gasteiger partial charge < -0.3 is 10.6 Å². The zero-order valence-corrected chi connectivity index (χ0v) is 15.7. The van der Waals surface area contributed by atoms with E-state index in [1.165, 1.54) is 43.6 Å². The fourth-order valence-corrected chi connectivity index (χ4v) is 3.71. The van der Waals surface area contributed by atoms with Gasteiger partial charge in [-0.1, -0.05) is 6.07 Å². The molecule has 1 saturated heterocycles. The van der Waals surface area contributed by atoms with Gasteiger partial charge in [0.1, 0.15) is 0 Å². The number of nitrogens with zero attached hydrogens (tertiary/aromatic N) is 3. The summed E-state index contributed by atoms with van der Waals surface area (Å²) in [6.07, 6.45) is 5.13. The van der Waals surface area contributed by atoms with Crippen molar-refractivity contribution in [2.75, 3.05) is 26.7 Å². The first kappa shape index (κ1) is 17.0. The summed E-state index contributed by atoms with van der Waals surface area (Å²) in [6, 6.07) is 5.39. The van der Waals surface area contributed by atoms with Crippen LogP contribution >= 0.6 is 35.3 Å². The number of rotatable bonds is 5. The third kappa shape index (κ3) is 4.32. The van der Waals surface area contributed by atoms with Crippen LogP contribution in [0, 0.1) is 0 Å². The molecule has 3 rings (SSSR count). The predicted octanol–water partition coefficient (Wildman–Crippen LogP) is 2.91. The minimum Gasteiger partial charge on any atom is -0.370 e. The SMILES string of the molecule is CN(C(N)=NCC(c1cccs1)N1CCCC1)C1CC1.I. The molecular formula is C15H25IN4S. The van der Waals surface area contributed by atoms with Crippen LogP contribution in [0.5, 0.6) is 0 Å². The van der Waals surface area contributed by atoms with E-state index in [9.17, 15) is 0 Å². The number of hydrogen-bond donors (Lipinski definition) is 1. The van der Waals surface area contributed by atoms with E-state index in [-0.39, 0.29) is 24.0 Å². The van der Waals surface area contributed by atoms with Crippen molar-refractivity contribution in [2.24, 2.45) is 10.7 Å². The Hall–Kier alpha value is -0.340. The van der Waals surface area contributed by atoms with E-state index in [1.807, 2.05) is 11.3 Å². The van der Waals surface area contributed by atoms with Gasteiger partial charge in [-0.15, -0.1) is 35.3 Å². The molecule has 0 aromatic carbocycles. The van der Waals surface area contributed by atoms with E-state index in [1.54, 1.807) is 0 Å². The van der Waals surface area contributed by atoms with E-state index < -0.39 is 0 Å². The quantitative estimate of drug-likeness (QED) is 0.453. The van der Waals surface area contributed by atoms with Crippen molar-refractivity contribution >= 4 is 41.3 Å². The van der Waals surface area contributed by atoms with Crippen molar-refractivity contribution in [1.82, 2.24) is 9.80 Å². The molecule has 0 spiro atoms. The maximum atomic E-state index is 6.12. The number of hydrogen-bond acceptors (Lipinski definition) is 3. The molecule has 21 heavy (non-hydrogen) atoms. The first-order chi connectivity index (χ1) is 9.75. The van der Waals surface area contributed by atoms with Crippen LogP contribution in [0.2, 0.25) is 0 Å². The molecule has 0 bridgehead atoms. The van der Waals surface area contributed by atoms with Crippen LogP contribution in [0.15, 0.2) is 22.5 Å². The molecule has 2 heterocycles. The van der Waals surface area contributed by atoms with Crippen LogP contribution in [-0.2, 0) is 0 Å². The van der Waals surface area contributed by atoms with Crippen LogP contribution in [0.1, 0.15) is 36.6 Å². The summed E-state index contributed by atoms with van der Waals surface area (Å²) in [6.45, 7) is 3.16. The standard InChI is InChI=1S/C15H24N4S.HI/c1-18(12-6-7-12)15(16)17-11-13(14-5-4-10-20-14)19-8-2-3-9-19;/h4-5,10,12-13H,2-3,6-9,11H2,1H3,(H2,16,17);1H. The fourth-order valence-electron chi connectivity index (χ4n) is 2.86. The van der Waals surface area contributed by atoms with Gasteiger partial charge in [-0.3, -0.25) is 9.89 Å². The molecule has 2 fully saturated rings. The van der Waals surface area contributed by atoms with Crippen molar-refractivity contribution in [3.63, 3.8) is 0 Å². The lowest BCUT2D eigenvalue weighted by Gasteiger charge is -2.26. The normalized spacial score (nSPS) is 21.1. The smallest absolute Gasteiger partial charge is 0.191 e. The van der Waals surface area contributed by atoms with Crippen LogP contribution in [0.25, 0.3) is 0 Å². The Kier molecular flexibility index (Phi) is 6.31. The molecule has 1 unspecified atom stereocenters. The maximum Gasteiger partial charge on any atom is 0.191 e. The van der Waals surface area contributed by atoms with Gasteiger partial charge in [-0.25, -0.2) is 0 Å². The van der Waals surface area contributed by atoms with Gasteiger partial charge >= 0.3 is 0 Å². The third-order valence-corrected chi connectivity index (χ3v) is 5.31. The molecular weight excluding hydrogens is 395 g/mol. The van der Waals surface area contributed by atoms with Gasteiger partial charge in [0.15, 0.2) is 5.96 Å². The highest BCUT2D eigenvalue weighted by Gasteiger charge is 2.28. The van der Waals surface area contributed by atoms with E-state index >= 15 is 0 Å². The second kappa shape index (κ2) is 7.78. The lowest BCUT2D eigenvalue weighted by Crippen LogP contribution is -2.37. The van der Waals surface area contributed by atoms with Crippen molar-refractivity contribution in [3.8, 4) is 0 Å². The number of aliphatic imine (C=N–C) groups is 1. The third-order valence-electron chi connectivity index (χ3n) is 4.34. The topological polar surface area (TPSA) is 44.9 Å². The van der Waals surface area contributed by atoms with Gasteiger partial charge in [0.05, 0.1) is 12.6 Å². The minimum absolute atomic E-state index is 0. The highest BCUT2D eigenvalue weighted by molar-refractivity contribution is 14.0. The second-order valence-electron chi connectivity index (χ2n) is 5.82. The van der Waals surface area contributed by atoms with Crippen LogP contribution < -0.4 is 5.73 Å². The Bertz CT molecular complexity index is 452. The number of thiophene rings is 1. The zero-order valence-electron chi connectivity index (χ0n) is 12.6. The van der Waals surface area contributed by atoms with E-state index in [0.29, 0.717) is 18.0 Å². The highest BCUT2D eigenvalue weighted by Crippen LogP contribution is 2.29. The Labute approximate surface area is 148 Å². The summed E-state index contributed by atoms with van der Waals surface area (Å²) in [5.74, 6) is 0.702. The van der Waals surface area contributed by atoms with Gasteiger partial charge in [0, 0.05) is 18.0 Å². The van der Waals surface area contributed by atoms with Crippen LogP contribution in [0.3, 0.4) is 0 Å². The predicted molar refractivity (Wildman–Crippen MR) is 101 cm³/mol. The summed E-state index contributed by atoms with van der Waals surface area (Å²) in [5, 5.41) is 2.15. The molecule has 2 aliphatic rings. The summed E-state index contributed by atoms with van der Waals surface area (Å²) >= 11 is 1.83. The van der Waals surface area contributed by atoms with E-state index in [4.69, 9.17) is 5.73 Å². The average Bonchev–Trinajstić information content (AvgIpc) is 2.94. The summed E-state index contributed by atoms with van der Waals surface area (Å²) in [5.41, 5.74) is 6.12. The molecule has 1 aromatic heterocycles. The van der Waals surface area contributed by atoms with Gasteiger partial charge in [0.25, 0.3) is 0 Å². The molecule has 1 atom stereocenters. The Balaban J connectivity index is 0.00000161. The highest BCUT2D eigenvalue weighted by atomic mass is 127. The van der Waals surface area contributed by atoms with E-state index in [2.05, 4.69) is 39.4 Å². The van der Waals surface area contributed by atoms with Gasteiger partial charge in [-0.2, -0.15) is 0 Å². The summed E-state index contributed by atoms with van der Waals surface area (Å²) in [7, 11) is 2.06. The number of halogens is 1. The van der Waals surface area contributed by atoms with Crippen molar-refractivity contribution in [1.29, 1.82) is 0 Å². The van der Waals surface area contributed by atoms with Gasteiger partial charge in [0.2, 0.25) is 0 Å². The number of nitrogens with two attached hydrogens (primary N) is 1. The van der Waals surface area contributed by atoms with Crippen molar-refractivity contribution < 1.29 is 0 Å². The number of guanidine groups is 1. The first-order valence-electron chi connectivity index (χ1n) is 7.56. The lowest BCUT2D eigenvalue weighted by molar-refractivity contribution is 0.254. The second-order valence-corrected chi connectivity index (χ2v) is 6.79. The Morgan fingerprint density at radius 1 is 1.48 bits per heavy atom. The zero-order chi connectivity index (χ0) is 13.9. The summed E-state index contributed by atoms with van der Waals surface area (Å²) < 4.78 is 0. The van der Waals surface area contributed by atoms with E-state index in [0.717, 1.165) is 6.54 Å². The molecule has 1 aliphatic carbocycles. The Morgan fingerprint density at radius 3 is 2.76 bits per heavy atom. The maximum absolute atomic E-state index is 6.12. The van der Waals surface area contributed by atoms with Crippen LogP contribution in [0.4, 0.5) is 0 Å². The molecule has 2 N–H and O–H groups in total. The molecule has 6 heteroatoms.